The fourth-order valence-electron chi connectivity index (χ4n) is 4.99. The Morgan fingerprint density at radius 3 is 2.42 bits per heavy atom. The van der Waals surface area contributed by atoms with Crippen molar-refractivity contribution in [2.45, 2.75) is 64.8 Å². The van der Waals surface area contributed by atoms with Crippen LogP contribution in [-0.2, 0) is 24.4 Å². The molecule has 0 saturated carbocycles. The number of amides is 2. The van der Waals surface area contributed by atoms with Gasteiger partial charge in [0.25, 0.3) is 5.91 Å². The lowest BCUT2D eigenvalue weighted by Crippen LogP contribution is -2.42. The van der Waals surface area contributed by atoms with Gasteiger partial charge in [0, 0.05) is 44.8 Å². The number of piperidine rings is 1. The molecule has 0 radical (unpaired) electrons. The molecule has 1 aromatic carbocycles. The Morgan fingerprint density at radius 1 is 0.944 bits per heavy atom. The predicted molar refractivity (Wildman–Crippen MR) is 135 cm³/mol. The second-order valence-electron chi connectivity index (χ2n) is 10.6. The molecule has 2 aliphatic rings. The van der Waals surface area contributed by atoms with E-state index in [1.807, 2.05) is 66.8 Å². The number of nitrogens with zero attached hydrogens (tertiary/aromatic N) is 6. The second kappa shape index (κ2) is 9.79. The summed E-state index contributed by atoms with van der Waals surface area (Å²) in [5.41, 5.74) is 1.37. The van der Waals surface area contributed by atoms with Crippen LogP contribution in [0.4, 0.5) is 4.79 Å². The number of hydrogen-bond acceptors (Lipinski definition) is 5. The van der Waals surface area contributed by atoms with Gasteiger partial charge in [-0.15, -0.1) is 10.2 Å². The Kier molecular flexibility index (Phi) is 6.55. The van der Waals surface area contributed by atoms with Gasteiger partial charge in [0.15, 0.2) is 5.82 Å². The zero-order valence-electron chi connectivity index (χ0n) is 21.3. The summed E-state index contributed by atoms with van der Waals surface area (Å²) in [5, 5.41) is 8.88. The summed E-state index contributed by atoms with van der Waals surface area (Å²) in [6, 6.07) is 14.0. The highest BCUT2D eigenvalue weighted by molar-refractivity contribution is 5.92. The molecular formula is C27H34N6O3. The zero-order valence-corrected chi connectivity index (χ0v) is 21.3. The first-order valence-corrected chi connectivity index (χ1v) is 12.7. The molecule has 0 N–H and O–H groups in total. The molecule has 2 aliphatic heterocycles. The minimum Gasteiger partial charge on any atom is -0.444 e. The SMILES string of the molecule is CC(C)(C)OC(=O)N1CCn2c(nnc2C2CCN(C(=O)c3cccn3Cc3ccccc3)CC2)C1. The second-order valence-corrected chi connectivity index (χ2v) is 10.6. The first-order chi connectivity index (χ1) is 17.3. The molecule has 1 saturated heterocycles. The molecule has 2 amide bonds. The van der Waals surface area contributed by atoms with Gasteiger partial charge in [-0.05, 0) is 51.3 Å². The van der Waals surface area contributed by atoms with Crippen LogP contribution in [0.3, 0.4) is 0 Å². The number of carbonyl (C=O) groups excluding carboxylic acids is 2. The van der Waals surface area contributed by atoms with Crippen molar-refractivity contribution in [2.75, 3.05) is 19.6 Å². The Morgan fingerprint density at radius 2 is 1.69 bits per heavy atom. The topological polar surface area (TPSA) is 85.5 Å². The molecule has 0 atom stereocenters. The lowest BCUT2D eigenvalue weighted by molar-refractivity contribution is 0.0194. The number of rotatable bonds is 4. The highest BCUT2D eigenvalue weighted by Crippen LogP contribution is 2.29. The average Bonchev–Trinajstić information content (AvgIpc) is 3.50. The maximum Gasteiger partial charge on any atom is 0.410 e. The summed E-state index contributed by atoms with van der Waals surface area (Å²) >= 11 is 0. The molecule has 9 heteroatoms. The van der Waals surface area contributed by atoms with Gasteiger partial charge in [-0.25, -0.2) is 4.79 Å². The molecule has 1 fully saturated rings. The molecule has 0 unspecified atom stereocenters. The van der Waals surface area contributed by atoms with E-state index in [4.69, 9.17) is 4.74 Å². The Hall–Kier alpha value is -3.62. The fraction of sp³-hybridized carbons (Fsp3) is 0.481. The molecule has 3 aromatic rings. The van der Waals surface area contributed by atoms with E-state index in [0.29, 0.717) is 39.3 Å². The quantitative estimate of drug-likeness (QED) is 0.554. The van der Waals surface area contributed by atoms with Crippen LogP contribution in [-0.4, -0.2) is 66.4 Å². The van der Waals surface area contributed by atoms with Crippen molar-refractivity contribution >= 4 is 12.0 Å². The van der Waals surface area contributed by atoms with Gasteiger partial charge in [0.1, 0.15) is 17.1 Å². The van der Waals surface area contributed by atoms with Gasteiger partial charge in [-0.1, -0.05) is 30.3 Å². The van der Waals surface area contributed by atoms with Crippen LogP contribution >= 0.6 is 0 Å². The van der Waals surface area contributed by atoms with E-state index in [1.54, 1.807) is 4.90 Å². The van der Waals surface area contributed by atoms with E-state index in [1.165, 1.54) is 5.56 Å². The standard InChI is InChI=1S/C27H34N6O3/c1-27(2,3)36-26(35)32-16-17-33-23(19-32)28-29-24(33)21-11-14-30(15-12-21)25(34)22-10-7-13-31(22)18-20-8-5-4-6-9-20/h4-10,13,21H,11-12,14-19H2,1-3H3. The number of likely N-dealkylation sites (tertiary alicyclic amines) is 1. The molecule has 4 heterocycles. The Labute approximate surface area is 211 Å². The molecule has 5 rings (SSSR count). The van der Waals surface area contributed by atoms with Crippen LogP contribution in [0.2, 0.25) is 0 Å². The van der Waals surface area contributed by atoms with Crippen LogP contribution in [0.25, 0.3) is 0 Å². The van der Waals surface area contributed by atoms with Crippen LogP contribution in [0.15, 0.2) is 48.7 Å². The van der Waals surface area contributed by atoms with E-state index in [0.717, 1.165) is 30.2 Å². The number of carbonyl (C=O) groups is 2. The van der Waals surface area contributed by atoms with Crippen LogP contribution in [0, 0.1) is 0 Å². The summed E-state index contributed by atoms with van der Waals surface area (Å²) in [6.45, 7) is 9.28. The molecule has 0 spiro atoms. The minimum absolute atomic E-state index is 0.0747. The highest BCUT2D eigenvalue weighted by Gasteiger charge is 2.32. The van der Waals surface area contributed by atoms with Crippen molar-refractivity contribution < 1.29 is 14.3 Å². The molecular weight excluding hydrogens is 456 g/mol. The molecule has 0 bridgehead atoms. The number of fused-ring (bicyclic) bond motifs is 1. The van der Waals surface area contributed by atoms with E-state index in [2.05, 4.69) is 26.9 Å². The Balaban J connectivity index is 1.20. The van der Waals surface area contributed by atoms with E-state index >= 15 is 0 Å². The third-order valence-electron chi connectivity index (χ3n) is 6.83. The van der Waals surface area contributed by atoms with Gasteiger partial charge >= 0.3 is 6.09 Å². The molecule has 0 aliphatic carbocycles. The van der Waals surface area contributed by atoms with Crippen molar-refractivity contribution in [1.82, 2.24) is 29.1 Å². The monoisotopic (exact) mass is 490 g/mol. The van der Waals surface area contributed by atoms with E-state index in [-0.39, 0.29) is 17.9 Å². The minimum atomic E-state index is -0.526. The Bertz CT molecular complexity index is 1220. The van der Waals surface area contributed by atoms with E-state index < -0.39 is 5.60 Å². The van der Waals surface area contributed by atoms with Crippen molar-refractivity contribution in [3.8, 4) is 0 Å². The van der Waals surface area contributed by atoms with Gasteiger partial charge < -0.3 is 18.8 Å². The summed E-state index contributed by atoms with van der Waals surface area (Å²) in [5.74, 6) is 2.08. The number of benzene rings is 1. The molecule has 190 valence electrons. The van der Waals surface area contributed by atoms with Gasteiger partial charge in [0.2, 0.25) is 0 Å². The maximum absolute atomic E-state index is 13.3. The summed E-state index contributed by atoms with van der Waals surface area (Å²) < 4.78 is 9.68. The maximum atomic E-state index is 13.3. The molecule has 2 aromatic heterocycles. The average molecular weight is 491 g/mol. The van der Waals surface area contributed by atoms with Gasteiger partial charge in [-0.2, -0.15) is 0 Å². The third-order valence-corrected chi connectivity index (χ3v) is 6.83. The fourth-order valence-corrected chi connectivity index (χ4v) is 4.99. The number of hydrogen-bond donors (Lipinski definition) is 0. The largest absolute Gasteiger partial charge is 0.444 e. The van der Waals surface area contributed by atoms with Crippen molar-refractivity contribution in [2.24, 2.45) is 0 Å². The third kappa shape index (κ3) is 5.15. The summed E-state index contributed by atoms with van der Waals surface area (Å²) in [7, 11) is 0. The number of aromatic nitrogens is 4. The first kappa shape index (κ1) is 24.1. The summed E-state index contributed by atoms with van der Waals surface area (Å²) in [4.78, 5) is 29.4. The number of ether oxygens (including phenoxy) is 1. The lowest BCUT2D eigenvalue weighted by atomic mass is 9.95. The van der Waals surface area contributed by atoms with Crippen LogP contribution < -0.4 is 0 Å². The van der Waals surface area contributed by atoms with Crippen LogP contribution in [0.1, 0.15) is 67.2 Å². The predicted octanol–water partition coefficient (Wildman–Crippen LogP) is 3.90. The molecule has 36 heavy (non-hydrogen) atoms. The molecule has 9 nitrogen and oxygen atoms in total. The highest BCUT2D eigenvalue weighted by atomic mass is 16.6. The lowest BCUT2D eigenvalue weighted by Gasteiger charge is -2.33. The van der Waals surface area contributed by atoms with Crippen molar-refractivity contribution in [3.63, 3.8) is 0 Å². The first-order valence-electron chi connectivity index (χ1n) is 12.7. The summed E-state index contributed by atoms with van der Waals surface area (Å²) in [6.07, 6.45) is 3.34. The van der Waals surface area contributed by atoms with Crippen LogP contribution in [0.5, 0.6) is 0 Å². The smallest absolute Gasteiger partial charge is 0.410 e. The van der Waals surface area contributed by atoms with E-state index in [9.17, 15) is 9.59 Å². The van der Waals surface area contributed by atoms with Crippen molar-refractivity contribution in [3.05, 3.63) is 71.6 Å². The van der Waals surface area contributed by atoms with Gasteiger partial charge in [-0.3, -0.25) is 9.69 Å². The normalized spacial score (nSPS) is 16.6. The van der Waals surface area contributed by atoms with Gasteiger partial charge in [0.05, 0.1) is 6.54 Å². The zero-order chi connectivity index (χ0) is 25.3. The van der Waals surface area contributed by atoms with Crippen molar-refractivity contribution in [1.29, 1.82) is 0 Å².